The molecule has 0 N–H and O–H groups in total. The van der Waals surface area contributed by atoms with Crippen molar-refractivity contribution in [3.05, 3.63) is 113 Å². The summed E-state index contributed by atoms with van der Waals surface area (Å²) in [6.07, 6.45) is 0.746. The third-order valence-electron chi connectivity index (χ3n) is 5.23. The van der Waals surface area contributed by atoms with E-state index in [4.69, 9.17) is 16.7 Å². The lowest BCUT2D eigenvalue weighted by molar-refractivity contribution is 0.692. The fraction of sp³-hybridized carbons (Fsp3) is 0.0800. The third-order valence-corrected chi connectivity index (χ3v) is 5.56. The van der Waals surface area contributed by atoms with Crippen molar-refractivity contribution >= 4 is 23.1 Å². The number of aromatic nitrogens is 2. The van der Waals surface area contributed by atoms with Crippen LogP contribution in [0, 0.1) is 0 Å². The summed E-state index contributed by atoms with van der Waals surface area (Å²) in [4.78, 5) is 0. The fourth-order valence-corrected chi connectivity index (χ4v) is 3.97. The zero-order valence-corrected chi connectivity index (χ0v) is 16.9. The smallest absolute Gasteiger partial charge is 0.172 e. The first-order valence-electron chi connectivity index (χ1n) is 9.85. The van der Waals surface area contributed by atoms with Gasteiger partial charge in [-0.1, -0.05) is 90.5 Å². The molecule has 5 heteroatoms. The van der Waals surface area contributed by atoms with Crippen LogP contribution in [0.15, 0.2) is 102 Å². The van der Waals surface area contributed by atoms with E-state index in [0.717, 1.165) is 29.0 Å². The van der Waals surface area contributed by atoms with E-state index in [9.17, 15) is 0 Å². The van der Waals surface area contributed by atoms with Crippen molar-refractivity contribution in [1.29, 1.82) is 0 Å². The third kappa shape index (κ3) is 3.58. The van der Waals surface area contributed by atoms with Crippen molar-refractivity contribution in [3.63, 3.8) is 0 Å². The molecule has 1 atom stereocenters. The number of anilines is 1. The molecule has 4 nitrogen and oxygen atoms in total. The first-order chi connectivity index (χ1) is 14.8. The Bertz CT molecular complexity index is 1170. The molecule has 1 aliphatic rings. The van der Waals surface area contributed by atoms with E-state index in [1.165, 1.54) is 5.56 Å². The van der Waals surface area contributed by atoms with Gasteiger partial charge in [0.25, 0.3) is 0 Å². The highest BCUT2D eigenvalue weighted by Crippen LogP contribution is 2.37. The van der Waals surface area contributed by atoms with Gasteiger partial charge in [-0.25, -0.2) is 5.01 Å². The van der Waals surface area contributed by atoms with Crippen LogP contribution in [-0.2, 0) is 0 Å². The Balaban J connectivity index is 1.53. The number of benzene rings is 3. The van der Waals surface area contributed by atoms with Gasteiger partial charge < -0.3 is 0 Å². The zero-order chi connectivity index (χ0) is 20.3. The second-order valence-corrected chi connectivity index (χ2v) is 7.55. The highest BCUT2D eigenvalue weighted by Gasteiger charge is 2.31. The fourth-order valence-electron chi connectivity index (χ4n) is 3.72. The maximum absolute atomic E-state index is 6.45. The summed E-state index contributed by atoms with van der Waals surface area (Å²) in [6, 6.07) is 32.2. The summed E-state index contributed by atoms with van der Waals surface area (Å²) in [5.74, 6) is 0.714. The van der Waals surface area contributed by atoms with Crippen LogP contribution in [0.5, 0.6) is 0 Å². The first-order valence-corrected chi connectivity index (χ1v) is 10.2. The van der Waals surface area contributed by atoms with Gasteiger partial charge in [-0.3, -0.25) is 0 Å². The molecule has 0 saturated heterocycles. The van der Waals surface area contributed by atoms with Crippen molar-refractivity contribution < 1.29 is 0 Å². The van der Waals surface area contributed by atoms with Crippen LogP contribution in [0.2, 0.25) is 5.02 Å². The summed E-state index contributed by atoms with van der Waals surface area (Å²) in [6.45, 7) is 0. The Morgan fingerprint density at radius 3 is 2.13 bits per heavy atom. The molecule has 0 radical (unpaired) electrons. The number of hydrazone groups is 1. The highest BCUT2D eigenvalue weighted by molar-refractivity contribution is 6.34. The standard InChI is InChI=1S/C25H19ClN4/c26-21-14-8-7-13-20(21)23-17-24(19-11-5-2-6-12-19)30(29-23)25-16-15-22(27-28-25)18-9-3-1-4-10-18/h1-16,24H,17H2. The van der Waals surface area contributed by atoms with Crippen LogP contribution in [-0.4, -0.2) is 15.9 Å². The van der Waals surface area contributed by atoms with E-state index in [1.807, 2.05) is 89.9 Å². The van der Waals surface area contributed by atoms with Crippen molar-refractivity contribution in [1.82, 2.24) is 10.2 Å². The Morgan fingerprint density at radius 2 is 1.43 bits per heavy atom. The SMILES string of the molecule is Clc1ccccc1C1=NN(c2ccc(-c3ccccc3)nn2)C(c2ccccc2)C1. The molecule has 146 valence electrons. The van der Waals surface area contributed by atoms with Crippen LogP contribution in [0.4, 0.5) is 5.82 Å². The van der Waals surface area contributed by atoms with Gasteiger partial charge in [0.15, 0.2) is 5.82 Å². The van der Waals surface area contributed by atoms with Crippen molar-refractivity contribution in [3.8, 4) is 11.3 Å². The Kier molecular flexibility index (Phi) is 4.99. The summed E-state index contributed by atoms with van der Waals surface area (Å²) in [7, 11) is 0. The molecule has 30 heavy (non-hydrogen) atoms. The van der Waals surface area contributed by atoms with E-state index in [2.05, 4.69) is 22.3 Å². The molecular formula is C25H19ClN4. The molecule has 3 aromatic carbocycles. The highest BCUT2D eigenvalue weighted by atomic mass is 35.5. The lowest BCUT2D eigenvalue weighted by Gasteiger charge is -2.22. The molecule has 0 amide bonds. The molecule has 0 aliphatic carbocycles. The van der Waals surface area contributed by atoms with E-state index in [-0.39, 0.29) is 6.04 Å². The largest absolute Gasteiger partial charge is 0.238 e. The molecule has 1 unspecified atom stereocenters. The van der Waals surface area contributed by atoms with Gasteiger partial charge >= 0.3 is 0 Å². The van der Waals surface area contributed by atoms with Gasteiger partial charge in [-0.15, -0.1) is 10.2 Å². The number of halogens is 1. The maximum atomic E-state index is 6.45. The minimum Gasteiger partial charge on any atom is -0.238 e. The summed E-state index contributed by atoms with van der Waals surface area (Å²) in [5.41, 5.74) is 4.96. The van der Waals surface area contributed by atoms with Crippen LogP contribution in [0.25, 0.3) is 11.3 Å². The molecule has 1 aliphatic heterocycles. The van der Waals surface area contributed by atoms with Crippen LogP contribution < -0.4 is 5.01 Å². The monoisotopic (exact) mass is 410 g/mol. The normalized spacial score (nSPS) is 15.8. The van der Waals surface area contributed by atoms with E-state index in [1.54, 1.807) is 0 Å². The van der Waals surface area contributed by atoms with Gasteiger partial charge in [0, 0.05) is 22.6 Å². The van der Waals surface area contributed by atoms with Crippen LogP contribution in [0.1, 0.15) is 23.6 Å². The number of rotatable bonds is 4. The van der Waals surface area contributed by atoms with Crippen molar-refractivity contribution in [2.75, 3.05) is 5.01 Å². The van der Waals surface area contributed by atoms with E-state index >= 15 is 0 Å². The van der Waals surface area contributed by atoms with Gasteiger partial charge in [-0.2, -0.15) is 5.10 Å². The molecule has 2 heterocycles. The molecule has 0 fully saturated rings. The number of hydrogen-bond acceptors (Lipinski definition) is 4. The zero-order valence-electron chi connectivity index (χ0n) is 16.2. The van der Waals surface area contributed by atoms with Gasteiger partial charge in [0.2, 0.25) is 0 Å². The molecule has 5 rings (SSSR count). The molecule has 4 aromatic rings. The minimum absolute atomic E-state index is 0.0364. The Hall–Kier alpha value is -3.50. The van der Waals surface area contributed by atoms with Gasteiger partial charge in [0.1, 0.15) is 0 Å². The second-order valence-electron chi connectivity index (χ2n) is 7.14. The second kappa shape index (κ2) is 8.09. The Morgan fingerprint density at radius 1 is 0.733 bits per heavy atom. The van der Waals surface area contributed by atoms with E-state index < -0.39 is 0 Å². The maximum Gasteiger partial charge on any atom is 0.172 e. The van der Waals surface area contributed by atoms with Crippen molar-refractivity contribution in [2.45, 2.75) is 12.5 Å². The van der Waals surface area contributed by atoms with Crippen LogP contribution >= 0.6 is 11.6 Å². The Labute approximate surface area is 180 Å². The number of nitrogens with zero attached hydrogens (tertiary/aromatic N) is 4. The molecular weight excluding hydrogens is 392 g/mol. The van der Waals surface area contributed by atoms with Gasteiger partial charge in [-0.05, 0) is 23.8 Å². The molecule has 0 spiro atoms. The lowest BCUT2D eigenvalue weighted by Crippen LogP contribution is -2.20. The average Bonchev–Trinajstić information content (AvgIpc) is 3.26. The lowest BCUT2D eigenvalue weighted by atomic mass is 9.98. The minimum atomic E-state index is 0.0364. The first kappa shape index (κ1) is 18.5. The quantitative estimate of drug-likeness (QED) is 0.405. The molecule has 0 saturated carbocycles. The predicted molar refractivity (Wildman–Crippen MR) is 122 cm³/mol. The molecule has 1 aromatic heterocycles. The summed E-state index contributed by atoms with van der Waals surface area (Å²) in [5, 5.41) is 16.5. The molecule has 0 bridgehead atoms. The average molecular weight is 411 g/mol. The number of hydrogen-bond donors (Lipinski definition) is 0. The predicted octanol–water partition coefficient (Wildman–Crippen LogP) is 6.15. The topological polar surface area (TPSA) is 41.4 Å². The van der Waals surface area contributed by atoms with Crippen LogP contribution in [0.3, 0.4) is 0 Å². The van der Waals surface area contributed by atoms with E-state index in [0.29, 0.717) is 10.8 Å². The summed E-state index contributed by atoms with van der Waals surface area (Å²) < 4.78 is 0. The van der Waals surface area contributed by atoms with Crippen molar-refractivity contribution in [2.24, 2.45) is 5.10 Å². The summed E-state index contributed by atoms with van der Waals surface area (Å²) >= 11 is 6.45. The van der Waals surface area contributed by atoms with Gasteiger partial charge in [0.05, 0.1) is 17.4 Å².